The second kappa shape index (κ2) is 2.21. The van der Waals surface area contributed by atoms with Gasteiger partial charge in [0.15, 0.2) is 5.78 Å². The Labute approximate surface area is 73.8 Å². The third kappa shape index (κ3) is 0.769. The average molecular weight is 164 g/mol. The third-order valence-corrected chi connectivity index (χ3v) is 3.92. The van der Waals surface area contributed by atoms with Crippen molar-refractivity contribution in [2.24, 2.45) is 17.3 Å². The van der Waals surface area contributed by atoms with E-state index in [1.807, 2.05) is 13.0 Å². The van der Waals surface area contributed by atoms with Crippen LogP contribution in [0.5, 0.6) is 0 Å². The summed E-state index contributed by atoms with van der Waals surface area (Å²) in [6, 6.07) is 0. The van der Waals surface area contributed by atoms with Crippen LogP contribution in [0.2, 0.25) is 0 Å². The zero-order valence-corrected chi connectivity index (χ0v) is 8.05. The van der Waals surface area contributed by atoms with Crippen molar-refractivity contribution in [1.82, 2.24) is 0 Å². The first kappa shape index (κ1) is 8.03. The van der Waals surface area contributed by atoms with Gasteiger partial charge in [0, 0.05) is 5.92 Å². The van der Waals surface area contributed by atoms with Crippen molar-refractivity contribution in [1.29, 1.82) is 0 Å². The molecule has 2 atom stereocenters. The first-order valence-electron chi connectivity index (χ1n) is 4.76. The van der Waals surface area contributed by atoms with Crippen LogP contribution in [0.4, 0.5) is 0 Å². The van der Waals surface area contributed by atoms with Gasteiger partial charge in [-0.1, -0.05) is 19.9 Å². The van der Waals surface area contributed by atoms with Crippen LogP contribution in [0.25, 0.3) is 0 Å². The first-order valence-corrected chi connectivity index (χ1v) is 4.76. The van der Waals surface area contributed by atoms with Crippen molar-refractivity contribution in [2.45, 2.75) is 33.6 Å². The van der Waals surface area contributed by atoms with Gasteiger partial charge in [-0.25, -0.2) is 0 Å². The van der Waals surface area contributed by atoms with E-state index in [1.165, 1.54) is 0 Å². The maximum atomic E-state index is 11.7. The van der Waals surface area contributed by atoms with Gasteiger partial charge in [-0.15, -0.1) is 0 Å². The lowest BCUT2D eigenvalue weighted by Crippen LogP contribution is -2.53. The molecule has 0 aromatic carbocycles. The molecule has 3 saturated carbocycles. The number of allylic oxidation sites excluding steroid dienone is 2. The molecule has 0 aliphatic heterocycles. The fraction of sp³-hybridized carbons (Fsp3) is 0.727. The minimum Gasteiger partial charge on any atom is -0.294 e. The molecule has 3 aliphatic rings. The van der Waals surface area contributed by atoms with Crippen LogP contribution in [0.1, 0.15) is 33.6 Å². The first-order chi connectivity index (χ1) is 5.57. The highest BCUT2D eigenvalue weighted by Gasteiger charge is 2.55. The molecule has 3 rings (SSSR count). The van der Waals surface area contributed by atoms with E-state index in [4.69, 9.17) is 0 Å². The topological polar surface area (TPSA) is 17.1 Å². The fourth-order valence-electron chi connectivity index (χ4n) is 2.66. The molecular formula is C11H16O. The highest BCUT2D eigenvalue weighted by molar-refractivity contribution is 5.99. The Morgan fingerprint density at radius 3 is 2.58 bits per heavy atom. The van der Waals surface area contributed by atoms with Gasteiger partial charge < -0.3 is 0 Å². The van der Waals surface area contributed by atoms with Crippen LogP contribution in [0.15, 0.2) is 11.6 Å². The molecule has 0 spiro atoms. The molecule has 3 aliphatic carbocycles. The highest BCUT2D eigenvalue weighted by Crippen LogP contribution is 2.58. The van der Waals surface area contributed by atoms with Gasteiger partial charge >= 0.3 is 0 Å². The molecule has 12 heavy (non-hydrogen) atoms. The molecule has 66 valence electrons. The largest absolute Gasteiger partial charge is 0.294 e. The minimum absolute atomic E-state index is 0.295. The van der Waals surface area contributed by atoms with Gasteiger partial charge in [0.25, 0.3) is 0 Å². The van der Waals surface area contributed by atoms with Gasteiger partial charge in [-0.3, -0.25) is 4.79 Å². The maximum Gasteiger partial charge on any atom is 0.162 e. The summed E-state index contributed by atoms with van der Waals surface area (Å²) in [5, 5.41) is 0. The molecule has 0 unspecified atom stereocenters. The second-order valence-corrected chi connectivity index (χ2v) is 4.69. The van der Waals surface area contributed by atoms with E-state index in [0.29, 0.717) is 17.1 Å². The van der Waals surface area contributed by atoms with Crippen molar-refractivity contribution in [2.75, 3.05) is 0 Å². The van der Waals surface area contributed by atoms with Crippen molar-refractivity contribution in [3.8, 4) is 0 Å². The monoisotopic (exact) mass is 164 g/mol. The molecule has 1 heteroatoms. The maximum absolute atomic E-state index is 11.7. The molecule has 1 nitrogen and oxygen atoms in total. The van der Waals surface area contributed by atoms with E-state index in [-0.39, 0.29) is 0 Å². The lowest BCUT2D eigenvalue weighted by atomic mass is 9.47. The SMILES string of the molecule is C/C=C1/C[C@H]2C[C@@H](C1=O)C2(C)C. The Kier molecular flexibility index (Phi) is 1.48. The zero-order valence-electron chi connectivity index (χ0n) is 8.05. The zero-order chi connectivity index (χ0) is 8.93. The number of Topliss-reactive ketones (excluding diaryl/α,β-unsaturated/α-hetero) is 1. The van der Waals surface area contributed by atoms with Crippen molar-refractivity contribution in [3.05, 3.63) is 11.6 Å². The van der Waals surface area contributed by atoms with Crippen LogP contribution < -0.4 is 0 Å². The van der Waals surface area contributed by atoms with Crippen LogP contribution in [-0.2, 0) is 4.79 Å². The van der Waals surface area contributed by atoms with Crippen molar-refractivity contribution < 1.29 is 4.79 Å². The summed E-state index contributed by atoms with van der Waals surface area (Å²) in [6.07, 6.45) is 4.17. The summed E-state index contributed by atoms with van der Waals surface area (Å²) < 4.78 is 0. The summed E-state index contributed by atoms with van der Waals surface area (Å²) in [5.74, 6) is 1.53. The van der Waals surface area contributed by atoms with Gasteiger partial charge in [0.1, 0.15) is 0 Å². The highest BCUT2D eigenvalue weighted by atomic mass is 16.1. The Morgan fingerprint density at radius 2 is 2.17 bits per heavy atom. The van der Waals surface area contributed by atoms with Gasteiger partial charge in [0.05, 0.1) is 0 Å². The third-order valence-electron chi connectivity index (χ3n) is 3.92. The number of carbonyl (C=O) groups excluding carboxylic acids is 1. The van der Waals surface area contributed by atoms with Gasteiger partial charge in [-0.2, -0.15) is 0 Å². The minimum atomic E-state index is 0.295. The van der Waals surface area contributed by atoms with Crippen LogP contribution >= 0.6 is 0 Å². The number of hydrogen-bond donors (Lipinski definition) is 0. The standard InChI is InChI=1S/C11H16O/c1-4-7-5-8-6-9(10(7)12)11(8,2)3/h4,8-9H,5-6H2,1-3H3/b7-4-/t8-,9-/m0/s1. The summed E-state index contributed by atoms with van der Waals surface area (Å²) in [6.45, 7) is 6.44. The van der Waals surface area contributed by atoms with Crippen molar-refractivity contribution in [3.63, 3.8) is 0 Å². The number of rotatable bonds is 0. The predicted molar refractivity (Wildman–Crippen MR) is 48.8 cm³/mol. The Morgan fingerprint density at radius 1 is 1.50 bits per heavy atom. The molecule has 0 saturated heterocycles. The van der Waals surface area contributed by atoms with E-state index in [9.17, 15) is 4.79 Å². The van der Waals surface area contributed by atoms with Crippen LogP contribution in [-0.4, -0.2) is 5.78 Å². The summed E-state index contributed by atoms with van der Waals surface area (Å²) >= 11 is 0. The van der Waals surface area contributed by atoms with Gasteiger partial charge in [0.2, 0.25) is 0 Å². The smallest absolute Gasteiger partial charge is 0.162 e. The molecule has 3 fully saturated rings. The fourth-order valence-corrected chi connectivity index (χ4v) is 2.66. The number of fused-ring (bicyclic) bond motifs is 2. The Hall–Kier alpha value is -0.590. The summed E-state index contributed by atoms with van der Waals surface area (Å²) in [4.78, 5) is 11.7. The normalized spacial score (nSPS) is 41.2. The van der Waals surface area contributed by atoms with E-state index < -0.39 is 0 Å². The molecule has 0 aromatic heterocycles. The lowest BCUT2D eigenvalue weighted by molar-refractivity contribution is -0.140. The summed E-state index contributed by atoms with van der Waals surface area (Å²) in [7, 11) is 0. The lowest BCUT2D eigenvalue weighted by Gasteiger charge is -2.55. The average Bonchev–Trinajstić information content (AvgIpc) is 2.03. The number of hydrogen-bond acceptors (Lipinski definition) is 1. The quantitative estimate of drug-likeness (QED) is 0.503. The number of ketones is 1. The second-order valence-electron chi connectivity index (χ2n) is 4.69. The molecule has 0 heterocycles. The molecule has 0 amide bonds. The van der Waals surface area contributed by atoms with Gasteiger partial charge in [-0.05, 0) is 36.7 Å². The van der Waals surface area contributed by atoms with Crippen LogP contribution in [0, 0.1) is 17.3 Å². The van der Waals surface area contributed by atoms with E-state index in [1.54, 1.807) is 0 Å². The van der Waals surface area contributed by atoms with Crippen LogP contribution in [0.3, 0.4) is 0 Å². The molecular weight excluding hydrogens is 148 g/mol. The molecule has 2 bridgehead atoms. The molecule has 0 aromatic rings. The van der Waals surface area contributed by atoms with Crippen molar-refractivity contribution >= 4 is 5.78 Å². The van der Waals surface area contributed by atoms with E-state index in [0.717, 1.165) is 24.3 Å². The van der Waals surface area contributed by atoms with E-state index in [2.05, 4.69) is 13.8 Å². The predicted octanol–water partition coefficient (Wildman–Crippen LogP) is 2.57. The Balaban J connectivity index is 2.28. The molecule has 0 N–H and O–H groups in total. The van der Waals surface area contributed by atoms with E-state index >= 15 is 0 Å². The number of carbonyl (C=O) groups is 1. The Bertz CT molecular complexity index is 260. The summed E-state index contributed by atoms with van der Waals surface area (Å²) in [5.41, 5.74) is 1.37. The molecule has 0 radical (unpaired) electrons.